The molecule has 2 heteroatoms. The molecule has 0 bridgehead atoms. The van der Waals surface area contributed by atoms with E-state index in [0.717, 1.165) is 18.4 Å². The highest BCUT2D eigenvalue weighted by Gasteiger charge is 2.37. The Morgan fingerprint density at radius 1 is 1.29 bits per heavy atom. The topological polar surface area (TPSA) is 20.2 Å². The third kappa shape index (κ3) is 2.66. The molecule has 3 atom stereocenters. The normalized spacial score (nSPS) is 28.7. The molecule has 0 spiro atoms. The first-order valence-electron chi connectivity index (χ1n) is 6.49. The van der Waals surface area contributed by atoms with Crippen LogP contribution in [0.3, 0.4) is 0 Å². The van der Waals surface area contributed by atoms with E-state index in [9.17, 15) is 5.11 Å². The summed E-state index contributed by atoms with van der Waals surface area (Å²) in [4.78, 5) is 0. The maximum Gasteiger partial charge on any atom is 0.0910 e. The fourth-order valence-corrected chi connectivity index (χ4v) is 3.36. The SMILES string of the molecule is CC1CCCC(C(C)(O)c2ccccc2Cl)C1. The van der Waals surface area contributed by atoms with E-state index in [1.165, 1.54) is 12.8 Å². The van der Waals surface area contributed by atoms with Crippen LogP contribution in [-0.2, 0) is 5.60 Å². The van der Waals surface area contributed by atoms with Crippen molar-refractivity contribution < 1.29 is 5.11 Å². The highest BCUT2D eigenvalue weighted by atomic mass is 35.5. The van der Waals surface area contributed by atoms with Gasteiger partial charge in [-0.05, 0) is 37.7 Å². The highest BCUT2D eigenvalue weighted by molar-refractivity contribution is 6.31. The number of hydrogen-bond acceptors (Lipinski definition) is 1. The van der Waals surface area contributed by atoms with Crippen LogP contribution in [0, 0.1) is 11.8 Å². The first-order valence-corrected chi connectivity index (χ1v) is 6.87. The molecule has 2 rings (SSSR count). The summed E-state index contributed by atoms with van der Waals surface area (Å²) in [5.41, 5.74) is 0.0771. The van der Waals surface area contributed by atoms with Crippen LogP contribution in [-0.4, -0.2) is 5.11 Å². The summed E-state index contributed by atoms with van der Waals surface area (Å²) in [7, 11) is 0. The van der Waals surface area contributed by atoms with Gasteiger partial charge in [-0.1, -0.05) is 49.6 Å². The third-order valence-electron chi connectivity index (χ3n) is 4.15. The summed E-state index contributed by atoms with van der Waals surface area (Å²) in [6.07, 6.45) is 4.70. The second-order valence-electron chi connectivity index (χ2n) is 5.60. The van der Waals surface area contributed by atoms with Crippen LogP contribution >= 0.6 is 11.6 Å². The van der Waals surface area contributed by atoms with Crippen LogP contribution in [0.4, 0.5) is 0 Å². The lowest BCUT2D eigenvalue weighted by Gasteiger charge is -2.38. The predicted molar refractivity (Wildman–Crippen MR) is 72.1 cm³/mol. The molecular weight excluding hydrogens is 232 g/mol. The lowest BCUT2D eigenvalue weighted by atomic mass is 9.71. The van der Waals surface area contributed by atoms with Gasteiger partial charge >= 0.3 is 0 Å². The number of halogens is 1. The molecule has 0 saturated heterocycles. The van der Waals surface area contributed by atoms with E-state index in [0.29, 0.717) is 16.9 Å². The quantitative estimate of drug-likeness (QED) is 0.829. The maximum atomic E-state index is 10.8. The van der Waals surface area contributed by atoms with Crippen molar-refractivity contribution in [3.8, 4) is 0 Å². The van der Waals surface area contributed by atoms with E-state index in [-0.39, 0.29) is 0 Å². The molecule has 1 nitrogen and oxygen atoms in total. The lowest BCUT2D eigenvalue weighted by Crippen LogP contribution is -2.35. The van der Waals surface area contributed by atoms with Gasteiger partial charge in [0, 0.05) is 10.6 Å². The van der Waals surface area contributed by atoms with Gasteiger partial charge < -0.3 is 5.11 Å². The van der Waals surface area contributed by atoms with Crippen molar-refractivity contribution in [2.24, 2.45) is 11.8 Å². The number of aliphatic hydroxyl groups is 1. The zero-order valence-corrected chi connectivity index (χ0v) is 11.4. The van der Waals surface area contributed by atoms with Gasteiger partial charge in [-0.15, -0.1) is 0 Å². The molecule has 0 amide bonds. The standard InChI is InChI=1S/C15H21ClO/c1-11-6-5-7-12(10-11)15(2,17)13-8-3-4-9-14(13)16/h3-4,8-9,11-12,17H,5-7,10H2,1-2H3. The first kappa shape index (κ1) is 12.9. The van der Waals surface area contributed by atoms with Crippen LogP contribution in [0.25, 0.3) is 0 Å². The molecule has 3 unspecified atom stereocenters. The molecule has 0 radical (unpaired) electrons. The Labute approximate surface area is 109 Å². The fraction of sp³-hybridized carbons (Fsp3) is 0.600. The van der Waals surface area contributed by atoms with E-state index >= 15 is 0 Å². The summed E-state index contributed by atoms with van der Waals surface area (Å²) in [5.74, 6) is 1.04. The molecule has 1 N–H and O–H groups in total. The van der Waals surface area contributed by atoms with Gasteiger partial charge in [0.1, 0.15) is 0 Å². The third-order valence-corrected chi connectivity index (χ3v) is 4.48. The molecule has 1 aliphatic rings. The molecule has 1 saturated carbocycles. The second kappa shape index (κ2) is 4.99. The number of rotatable bonds is 2. The van der Waals surface area contributed by atoms with Gasteiger partial charge in [-0.2, -0.15) is 0 Å². The minimum atomic E-state index is -0.799. The predicted octanol–water partition coefficient (Wildman–Crippen LogP) is 4.37. The molecule has 1 aromatic carbocycles. The Morgan fingerprint density at radius 2 is 2.00 bits per heavy atom. The monoisotopic (exact) mass is 252 g/mol. The molecule has 1 aliphatic carbocycles. The zero-order chi connectivity index (χ0) is 12.5. The highest BCUT2D eigenvalue weighted by Crippen LogP contribution is 2.42. The van der Waals surface area contributed by atoms with Crippen molar-refractivity contribution in [2.75, 3.05) is 0 Å². The van der Waals surface area contributed by atoms with Crippen LogP contribution < -0.4 is 0 Å². The van der Waals surface area contributed by atoms with Gasteiger partial charge in [0.25, 0.3) is 0 Å². The lowest BCUT2D eigenvalue weighted by molar-refractivity contribution is -0.0293. The van der Waals surface area contributed by atoms with E-state index in [2.05, 4.69) is 6.92 Å². The molecule has 0 aliphatic heterocycles. The average molecular weight is 253 g/mol. The Morgan fingerprint density at radius 3 is 2.65 bits per heavy atom. The summed E-state index contributed by atoms with van der Waals surface area (Å²) >= 11 is 6.20. The van der Waals surface area contributed by atoms with Crippen LogP contribution in [0.5, 0.6) is 0 Å². The summed E-state index contributed by atoms with van der Waals surface area (Å²) in [6.45, 7) is 4.19. The number of benzene rings is 1. The van der Waals surface area contributed by atoms with Gasteiger partial charge in [0.05, 0.1) is 5.60 Å². The molecule has 94 valence electrons. The summed E-state index contributed by atoms with van der Waals surface area (Å²) in [6, 6.07) is 7.66. The van der Waals surface area contributed by atoms with Gasteiger partial charge in [-0.3, -0.25) is 0 Å². The Hall–Kier alpha value is -0.530. The van der Waals surface area contributed by atoms with Crippen molar-refractivity contribution in [1.29, 1.82) is 0 Å². The zero-order valence-electron chi connectivity index (χ0n) is 10.6. The minimum Gasteiger partial charge on any atom is -0.385 e. The largest absolute Gasteiger partial charge is 0.385 e. The van der Waals surface area contributed by atoms with Gasteiger partial charge in [0.15, 0.2) is 0 Å². The summed E-state index contributed by atoms with van der Waals surface area (Å²) < 4.78 is 0. The Kier molecular flexibility index (Phi) is 3.79. The van der Waals surface area contributed by atoms with Crippen LogP contribution in [0.2, 0.25) is 5.02 Å². The van der Waals surface area contributed by atoms with Gasteiger partial charge in [-0.25, -0.2) is 0 Å². The smallest absolute Gasteiger partial charge is 0.0910 e. The fourth-order valence-electron chi connectivity index (χ4n) is 3.04. The maximum absolute atomic E-state index is 10.8. The molecule has 1 fully saturated rings. The van der Waals surface area contributed by atoms with Crippen molar-refractivity contribution in [2.45, 2.75) is 45.1 Å². The van der Waals surface area contributed by atoms with Gasteiger partial charge in [0.2, 0.25) is 0 Å². The first-order chi connectivity index (χ1) is 8.01. The molecular formula is C15H21ClO. The average Bonchev–Trinajstić information content (AvgIpc) is 2.29. The molecule has 1 aromatic rings. The second-order valence-corrected chi connectivity index (χ2v) is 6.00. The van der Waals surface area contributed by atoms with Crippen molar-refractivity contribution in [1.82, 2.24) is 0 Å². The van der Waals surface area contributed by atoms with Crippen LogP contribution in [0.1, 0.15) is 45.1 Å². The minimum absolute atomic E-state index is 0.325. The van der Waals surface area contributed by atoms with Crippen LogP contribution in [0.15, 0.2) is 24.3 Å². The van der Waals surface area contributed by atoms with E-state index in [1.807, 2.05) is 31.2 Å². The number of hydrogen-bond donors (Lipinski definition) is 1. The van der Waals surface area contributed by atoms with Crippen molar-refractivity contribution >= 4 is 11.6 Å². The molecule has 0 heterocycles. The molecule has 0 aromatic heterocycles. The van der Waals surface area contributed by atoms with Crippen molar-refractivity contribution in [3.63, 3.8) is 0 Å². The Bertz CT molecular complexity index is 386. The molecule has 17 heavy (non-hydrogen) atoms. The van der Waals surface area contributed by atoms with E-state index < -0.39 is 5.60 Å². The van der Waals surface area contributed by atoms with E-state index in [1.54, 1.807) is 0 Å². The summed E-state index contributed by atoms with van der Waals surface area (Å²) in [5, 5.41) is 11.5. The Balaban J connectivity index is 2.26. The van der Waals surface area contributed by atoms with Crippen molar-refractivity contribution in [3.05, 3.63) is 34.9 Å². The van der Waals surface area contributed by atoms with E-state index in [4.69, 9.17) is 11.6 Å².